The van der Waals surface area contributed by atoms with Crippen LogP contribution in [0.3, 0.4) is 0 Å². The van der Waals surface area contributed by atoms with Crippen molar-refractivity contribution in [1.29, 1.82) is 0 Å². The van der Waals surface area contributed by atoms with Gasteiger partial charge < -0.3 is 14.7 Å². The Labute approximate surface area is 165 Å². The van der Waals surface area contributed by atoms with Crippen molar-refractivity contribution in [2.24, 2.45) is 0 Å². The monoisotopic (exact) mass is 433 g/mol. The molecule has 0 radical (unpaired) electrons. The second-order valence-corrected chi connectivity index (χ2v) is 6.48. The predicted octanol–water partition coefficient (Wildman–Crippen LogP) is 4.10. The quantitative estimate of drug-likeness (QED) is 0.587. The number of aliphatic hydroxyl groups excluding tert-OH is 1. The Morgan fingerprint density at radius 2 is 2.07 bits per heavy atom. The zero-order valence-electron chi connectivity index (χ0n) is 14.5. The lowest BCUT2D eigenvalue weighted by molar-refractivity contribution is -0.144. The molecule has 12 heteroatoms. The second-order valence-electron chi connectivity index (χ2n) is 6.07. The number of aromatic nitrogens is 3. The average Bonchev–Trinajstić information content (AvgIpc) is 3.17. The lowest BCUT2D eigenvalue weighted by Crippen LogP contribution is -2.21. The molecule has 0 bridgehead atoms. The number of alkyl halides is 3. The van der Waals surface area contributed by atoms with Gasteiger partial charge in [-0.25, -0.2) is 9.18 Å². The number of hydrogen-bond acceptors (Lipinski definition) is 5. The van der Waals surface area contributed by atoms with E-state index >= 15 is 0 Å². The topological polar surface area (TPSA) is 101 Å². The van der Waals surface area contributed by atoms with Crippen molar-refractivity contribution in [3.8, 4) is 22.6 Å². The minimum Gasteiger partial charge on any atom is -0.477 e. The summed E-state index contributed by atoms with van der Waals surface area (Å²) in [5.41, 5.74) is -3.86. The first-order chi connectivity index (χ1) is 13.5. The van der Waals surface area contributed by atoms with E-state index in [1.807, 2.05) is 0 Å². The average molecular weight is 434 g/mol. The van der Waals surface area contributed by atoms with Crippen LogP contribution in [0.2, 0.25) is 5.02 Å². The number of hydrogen-bond donors (Lipinski definition) is 2. The fraction of sp³-hybridized carbons (Fsp3) is 0.235. The molecule has 1 aromatic carbocycles. The summed E-state index contributed by atoms with van der Waals surface area (Å²) in [7, 11) is 0. The van der Waals surface area contributed by atoms with Crippen LogP contribution in [0.15, 0.2) is 28.9 Å². The van der Waals surface area contributed by atoms with Gasteiger partial charge in [0.05, 0.1) is 35.0 Å². The van der Waals surface area contributed by atoms with Crippen LogP contribution in [-0.2, 0) is 12.7 Å². The molecule has 3 aromatic rings. The molecule has 2 aromatic heterocycles. The Hall–Kier alpha value is -2.92. The maximum Gasteiger partial charge on any atom is 0.433 e. The van der Waals surface area contributed by atoms with Gasteiger partial charge in [-0.1, -0.05) is 22.8 Å². The molecule has 0 spiro atoms. The van der Waals surface area contributed by atoms with Crippen LogP contribution < -0.4 is 0 Å². The summed E-state index contributed by atoms with van der Waals surface area (Å²) >= 11 is 5.92. The Morgan fingerprint density at radius 3 is 2.62 bits per heavy atom. The SMILES string of the molecule is CC(O)Cn1ncc(-c2onc(-c3c(F)cccc3Cl)c2C(=O)O)c1C(F)(F)F. The maximum absolute atomic E-state index is 14.2. The first-order valence-corrected chi connectivity index (χ1v) is 8.39. The summed E-state index contributed by atoms with van der Waals surface area (Å²) in [6, 6.07) is 3.52. The first-order valence-electron chi connectivity index (χ1n) is 8.01. The molecule has 154 valence electrons. The van der Waals surface area contributed by atoms with Crippen LogP contribution in [-0.4, -0.2) is 37.2 Å². The van der Waals surface area contributed by atoms with Crippen molar-refractivity contribution >= 4 is 17.6 Å². The summed E-state index contributed by atoms with van der Waals surface area (Å²) < 4.78 is 60.5. The molecule has 0 aliphatic rings. The molecular weight excluding hydrogens is 422 g/mol. The smallest absolute Gasteiger partial charge is 0.433 e. The van der Waals surface area contributed by atoms with Crippen molar-refractivity contribution in [2.75, 3.05) is 0 Å². The van der Waals surface area contributed by atoms with Gasteiger partial charge in [0.1, 0.15) is 17.1 Å². The molecule has 0 fully saturated rings. The number of carboxylic acids is 1. The van der Waals surface area contributed by atoms with E-state index in [1.165, 1.54) is 19.1 Å². The van der Waals surface area contributed by atoms with Gasteiger partial charge in [-0.3, -0.25) is 4.68 Å². The molecule has 7 nitrogen and oxygen atoms in total. The summed E-state index contributed by atoms with van der Waals surface area (Å²) in [6.45, 7) is 0.758. The highest BCUT2D eigenvalue weighted by Gasteiger charge is 2.41. The minimum absolute atomic E-state index is 0.201. The number of carboxylic acid groups (broad SMARTS) is 1. The van der Waals surface area contributed by atoms with E-state index in [1.54, 1.807) is 0 Å². The Morgan fingerprint density at radius 1 is 1.38 bits per heavy atom. The lowest BCUT2D eigenvalue weighted by Gasteiger charge is -2.13. The van der Waals surface area contributed by atoms with E-state index in [0.717, 1.165) is 12.3 Å². The Kier molecular flexibility index (Phi) is 5.37. The molecule has 2 N–H and O–H groups in total. The van der Waals surface area contributed by atoms with Crippen LogP contribution in [0.5, 0.6) is 0 Å². The zero-order valence-corrected chi connectivity index (χ0v) is 15.3. The summed E-state index contributed by atoms with van der Waals surface area (Å²) in [4.78, 5) is 11.8. The van der Waals surface area contributed by atoms with Gasteiger partial charge in [0.2, 0.25) is 0 Å². The molecule has 0 amide bonds. The standard InChI is InChI=1S/C17H12ClF4N3O4/c1-7(26)6-25-15(17(20,21)22)8(5-23-25)14-12(16(27)28)13(24-29-14)11-9(18)3-2-4-10(11)19/h2-5,7,26H,6H2,1H3,(H,27,28). The van der Waals surface area contributed by atoms with Gasteiger partial charge in [0.25, 0.3) is 0 Å². The normalized spacial score (nSPS) is 12.9. The summed E-state index contributed by atoms with van der Waals surface area (Å²) in [5, 5.41) is 25.8. The highest BCUT2D eigenvalue weighted by molar-refractivity contribution is 6.33. The van der Waals surface area contributed by atoms with Crippen LogP contribution >= 0.6 is 11.6 Å². The van der Waals surface area contributed by atoms with Crippen molar-refractivity contribution in [1.82, 2.24) is 14.9 Å². The van der Waals surface area contributed by atoms with E-state index in [0.29, 0.717) is 4.68 Å². The minimum atomic E-state index is -4.96. The van der Waals surface area contributed by atoms with Crippen LogP contribution in [0.25, 0.3) is 22.6 Å². The van der Waals surface area contributed by atoms with E-state index in [9.17, 15) is 32.6 Å². The van der Waals surface area contributed by atoms with Gasteiger partial charge in [-0.2, -0.15) is 18.3 Å². The molecule has 29 heavy (non-hydrogen) atoms. The fourth-order valence-electron chi connectivity index (χ4n) is 2.81. The number of nitrogens with zero attached hydrogens (tertiary/aromatic N) is 3. The van der Waals surface area contributed by atoms with E-state index < -0.39 is 64.5 Å². The van der Waals surface area contributed by atoms with E-state index in [4.69, 9.17) is 16.1 Å². The predicted molar refractivity (Wildman–Crippen MR) is 91.8 cm³/mol. The van der Waals surface area contributed by atoms with Crippen molar-refractivity contribution in [3.05, 3.63) is 46.5 Å². The van der Waals surface area contributed by atoms with Gasteiger partial charge in [0, 0.05) is 0 Å². The summed E-state index contributed by atoms with van der Waals surface area (Å²) in [6.07, 6.45) is -5.38. The van der Waals surface area contributed by atoms with Gasteiger partial charge >= 0.3 is 12.1 Å². The van der Waals surface area contributed by atoms with Crippen molar-refractivity contribution in [3.63, 3.8) is 0 Å². The second kappa shape index (κ2) is 7.48. The number of benzene rings is 1. The van der Waals surface area contributed by atoms with Gasteiger partial charge in [0.15, 0.2) is 11.5 Å². The molecule has 0 aliphatic carbocycles. The molecular formula is C17H12ClF4N3O4. The highest BCUT2D eigenvalue weighted by atomic mass is 35.5. The van der Waals surface area contributed by atoms with Crippen LogP contribution in [0.1, 0.15) is 23.0 Å². The fourth-order valence-corrected chi connectivity index (χ4v) is 3.06. The number of rotatable bonds is 5. The molecule has 0 saturated carbocycles. The Bertz CT molecular complexity index is 1060. The van der Waals surface area contributed by atoms with Gasteiger partial charge in [-0.05, 0) is 19.1 Å². The van der Waals surface area contributed by atoms with E-state index in [-0.39, 0.29) is 5.02 Å². The number of halogens is 5. The first kappa shape index (κ1) is 20.8. The molecule has 3 rings (SSSR count). The molecule has 1 unspecified atom stereocenters. The summed E-state index contributed by atoms with van der Waals surface area (Å²) in [5.74, 6) is -3.40. The molecule has 0 saturated heterocycles. The number of aromatic carboxylic acids is 1. The van der Waals surface area contributed by atoms with Crippen LogP contribution in [0.4, 0.5) is 17.6 Å². The molecule has 0 aliphatic heterocycles. The Balaban J connectivity index is 2.28. The number of aliphatic hydroxyl groups is 1. The molecule has 2 heterocycles. The zero-order chi connectivity index (χ0) is 21.5. The third-order valence-corrected chi connectivity index (χ3v) is 4.21. The third-order valence-electron chi connectivity index (χ3n) is 3.90. The van der Waals surface area contributed by atoms with Crippen molar-refractivity contribution in [2.45, 2.75) is 25.7 Å². The number of carbonyl (C=O) groups is 1. The van der Waals surface area contributed by atoms with Crippen LogP contribution in [0, 0.1) is 5.82 Å². The molecule has 1 atom stereocenters. The largest absolute Gasteiger partial charge is 0.477 e. The third kappa shape index (κ3) is 3.83. The lowest BCUT2D eigenvalue weighted by atomic mass is 10.0. The highest BCUT2D eigenvalue weighted by Crippen LogP contribution is 2.42. The maximum atomic E-state index is 14.2. The van der Waals surface area contributed by atoms with Crippen molar-refractivity contribution < 1.29 is 37.1 Å². The van der Waals surface area contributed by atoms with Gasteiger partial charge in [-0.15, -0.1) is 0 Å². The van der Waals surface area contributed by atoms with E-state index in [2.05, 4.69) is 10.3 Å².